The summed E-state index contributed by atoms with van der Waals surface area (Å²) in [5.74, 6) is 1.46. The predicted octanol–water partition coefficient (Wildman–Crippen LogP) is 4.34. The van der Waals surface area contributed by atoms with E-state index in [1.165, 1.54) is 19.3 Å². The van der Waals surface area contributed by atoms with E-state index in [4.69, 9.17) is 4.74 Å². The van der Waals surface area contributed by atoms with E-state index in [1.807, 2.05) is 24.3 Å². The largest absolute Gasteiger partial charge is 0.497 e. The monoisotopic (exact) mass is 250 g/mol. The van der Waals surface area contributed by atoms with Gasteiger partial charge in [0.1, 0.15) is 5.75 Å². The zero-order valence-corrected chi connectivity index (χ0v) is 11.9. The van der Waals surface area contributed by atoms with Gasteiger partial charge in [0, 0.05) is 0 Å². The van der Waals surface area contributed by atoms with Crippen molar-refractivity contribution in [3.63, 3.8) is 0 Å². The van der Waals surface area contributed by atoms with E-state index in [0.717, 1.165) is 24.2 Å². The smallest absolute Gasteiger partial charge is 0.118 e. The van der Waals surface area contributed by atoms with Crippen LogP contribution in [-0.4, -0.2) is 12.2 Å². The highest BCUT2D eigenvalue weighted by Gasteiger charge is 2.14. The number of ether oxygens (including phenoxy) is 1. The quantitative estimate of drug-likeness (QED) is 0.744. The van der Waals surface area contributed by atoms with Gasteiger partial charge in [-0.05, 0) is 30.0 Å². The summed E-state index contributed by atoms with van der Waals surface area (Å²) in [7, 11) is 1.66. The van der Waals surface area contributed by atoms with Gasteiger partial charge in [0.2, 0.25) is 0 Å². The molecular formula is C16H26O2. The van der Waals surface area contributed by atoms with Crippen molar-refractivity contribution in [1.29, 1.82) is 0 Å². The Morgan fingerprint density at radius 3 is 2.33 bits per heavy atom. The maximum absolute atomic E-state index is 10.2. The number of aliphatic hydroxyl groups is 1. The van der Waals surface area contributed by atoms with E-state index in [2.05, 4.69) is 13.8 Å². The van der Waals surface area contributed by atoms with Crippen molar-refractivity contribution in [3.8, 4) is 5.75 Å². The Labute approximate surface area is 111 Å². The van der Waals surface area contributed by atoms with Gasteiger partial charge < -0.3 is 9.84 Å². The molecule has 2 unspecified atom stereocenters. The van der Waals surface area contributed by atoms with E-state index < -0.39 is 0 Å². The van der Waals surface area contributed by atoms with Crippen LogP contribution in [0.5, 0.6) is 5.75 Å². The second-order valence-electron chi connectivity index (χ2n) is 4.94. The van der Waals surface area contributed by atoms with Crippen molar-refractivity contribution in [2.24, 2.45) is 5.92 Å². The summed E-state index contributed by atoms with van der Waals surface area (Å²) in [5.41, 5.74) is 0.991. The standard InChI is InChI=1S/C16H26O2/c1-4-6-7-13(5-2)12-16(17)14-8-10-15(18-3)11-9-14/h8-11,13,16-17H,4-7,12H2,1-3H3. The van der Waals surface area contributed by atoms with Gasteiger partial charge >= 0.3 is 0 Å². The number of rotatable bonds is 8. The van der Waals surface area contributed by atoms with Gasteiger partial charge in [0.15, 0.2) is 0 Å². The number of methoxy groups -OCH3 is 1. The molecule has 18 heavy (non-hydrogen) atoms. The fourth-order valence-corrected chi connectivity index (χ4v) is 2.26. The molecule has 0 aromatic heterocycles. The molecule has 0 heterocycles. The first-order valence-corrected chi connectivity index (χ1v) is 7.03. The Kier molecular flexibility index (Phi) is 6.81. The summed E-state index contributed by atoms with van der Waals surface area (Å²) in [5, 5.41) is 10.2. The molecule has 0 bridgehead atoms. The van der Waals surface area contributed by atoms with Crippen LogP contribution in [0.4, 0.5) is 0 Å². The number of aliphatic hydroxyl groups excluding tert-OH is 1. The summed E-state index contributed by atoms with van der Waals surface area (Å²) < 4.78 is 5.12. The lowest BCUT2D eigenvalue weighted by Gasteiger charge is -2.19. The molecule has 0 aliphatic rings. The first-order chi connectivity index (χ1) is 8.71. The number of benzene rings is 1. The van der Waals surface area contributed by atoms with Crippen LogP contribution < -0.4 is 4.74 Å². The average molecular weight is 250 g/mol. The molecule has 0 saturated carbocycles. The molecule has 0 aliphatic carbocycles. The van der Waals surface area contributed by atoms with Crippen molar-refractivity contribution >= 4 is 0 Å². The molecule has 0 amide bonds. The molecule has 1 N–H and O–H groups in total. The molecular weight excluding hydrogens is 224 g/mol. The molecule has 0 radical (unpaired) electrons. The Bertz CT molecular complexity index is 318. The molecule has 2 nitrogen and oxygen atoms in total. The highest BCUT2D eigenvalue weighted by molar-refractivity contribution is 5.28. The second kappa shape index (κ2) is 8.15. The number of hydrogen-bond donors (Lipinski definition) is 1. The zero-order valence-electron chi connectivity index (χ0n) is 11.9. The second-order valence-corrected chi connectivity index (χ2v) is 4.94. The zero-order chi connectivity index (χ0) is 13.4. The third-order valence-corrected chi connectivity index (χ3v) is 3.60. The Hall–Kier alpha value is -1.02. The Balaban J connectivity index is 2.53. The van der Waals surface area contributed by atoms with E-state index in [-0.39, 0.29) is 6.10 Å². The van der Waals surface area contributed by atoms with E-state index >= 15 is 0 Å². The molecule has 0 aliphatic heterocycles. The van der Waals surface area contributed by atoms with Crippen molar-refractivity contribution in [2.45, 2.75) is 52.1 Å². The lowest BCUT2D eigenvalue weighted by Crippen LogP contribution is -2.07. The van der Waals surface area contributed by atoms with Crippen LogP contribution in [0.25, 0.3) is 0 Å². The molecule has 2 heteroatoms. The molecule has 102 valence electrons. The van der Waals surface area contributed by atoms with Gasteiger partial charge in [0.25, 0.3) is 0 Å². The van der Waals surface area contributed by atoms with Crippen LogP contribution in [0, 0.1) is 5.92 Å². The van der Waals surface area contributed by atoms with Crippen LogP contribution in [0.2, 0.25) is 0 Å². The van der Waals surface area contributed by atoms with Crippen molar-refractivity contribution in [3.05, 3.63) is 29.8 Å². The summed E-state index contributed by atoms with van der Waals surface area (Å²) in [6.07, 6.45) is 5.37. The number of hydrogen-bond acceptors (Lipinski definition) is 2. The summed E-state index contributed by atoms with van der Waals surface area (Å²) >= 11 is 0. The maximum atomic E-state index is 10.2. The Morgan fingerprint density at radius 1 is 1.17 bits per heavy atom. The summed E-state index contributed by atoms with van der Waals surface area (Å²) in [4.78, 5) is 0. The van der Waals surface area contributed by atoms with E-state index in [9.17, 15) is 5.11 Å². The van der Waals surface area contributed by atoms with E-state index in [0.29, 0.717) is 5.92 Å². The van der Waals surface area contributed by atoms with Gasteiger partial charge in [0.05, 0.1) is 13.2 Å². The van der Waals surface area contributed by atoms with Crippen molar-refractivity contribution < 1.29 is 9.84 Å². The molecule has 2 atom stereocenters. The topological polar surface area (TPSA) is 29.5 Å². The SMILES string of the molecule is CCCCC(CC)CC(O)c1ccc(OC)cc1. The fraction of sp³-hybridized carbons (Fsp3) is 0.625. The minimum Gasteiger partial charge on any atom is -0.497 e. The highest BCUT2D eigenvalue weighted by atomic mass is 16.5. The van der Waals surface area contributed by atoms with Crippen molar-refractivity contribution in [2.75, 3.05) is 7.11 Å². The summed E-state index contributed by atoms with van der Waals surface area (Å²) in [6.45, 7) is 4.42. The van der Waals surface area contributed by atoms with Gasteiger partial charge in [-0.25, -0.2) is 0 Å². The van der Waals surface area contributed by atoms with Crippen molar-refractivity contribution in [1.82, 2.24) is 0 Å². The first kappa shape index (κ1) is 15.0. The lowest BCUT2D eigenvalue weighted by molar-refractivity contribution is 0.139. The predicted molar refractivity (Wildman–Crippen MR) is 75.9 cm³/mol. The van der Waals surface area contributed by atoms with E-state index in [1.54, 1.807) is 7.11 Å². The minimum absolute atomic E-state index is 0.349. The molecule has 1 rings (SSSR count). The van der Waals surface area contributed by atoms with Crippen LogP contribution >= 0.6 is 0 Å². The molecule has 1 aromatic carbocycles. The molecule has 0 spiro atoms. The maximum Gasteiger partial charge on any atom is 0.118 e. The lowest BCUT2D eigenvalue weighted by atomic mass is 9.91. The third kappa shape index (κ3) is 4.69. The normalized spacial score (nSPS) is 14.2. The highest BCUT2D eigenvalue weighted by Crippen LogP contribution is 2.27. The number of unbranched alkanes of at least 4 members (excludes halogenated alkanes) is 1. The van der Waals surface area contributed by atoms with Gasteiger partial charge in [-0.3, -0.25) is 0 Å². The molecule has 0 saturated heterocycles. The third-order valence-electron chi connectivity index (χ3n) is 3.60. The van der Waals surface area contributed by atoms with Crippen LogP contribution in [-0.2, 0) is 0 Å². The average Bonchev–Trinajstić information content (AvgIpc) is 2.43. The molecule has 0 fully saturated rings. The Morgan fingerprint density at radius 2 is 1.83 bits per heavy atom. The van der Waals surface area contributed by atoms with Gasteiger partial charge in [-0.2, -0.15) is 0 Å². The van der Waals surface area contributed by atoms with Crippen LogP contribution in [0.15, 0.2) is 24.3 Å². The van der Waals surface area contributed by atoms with Gasteiger partial charge in [-0.1, -0.05) is 51.7 Å². The van der Waals surface area contributed by atoms with Gasteiger partial charge in [-0.15, -0.1) is 0 Å². The fourth-order valence-electron chi connectivity index (χ4n) is 2.26. The van der Waals surface area contributed by atoms with Crippen LogP contribution in [0.3, 0.4) is 0 Å². The summed E-state index contributed by atoms with van der Waals surface area (Å²) in [6, 6.07) is 7.73. The first-order valence-electron chi connectivity index (χ1n) is 7.03. The minimum atomic E-state index is -0.349. The van der Waals surface area contributed by atoms with Crippen LogP contribution in [0.1, 0.15) is 57.6 Å². The molecule has 1 aromatic rings.